The maximum atomic E-state index is 11.8. The van der Waals surface area contributed by atoms with Gasteiger partial charge in [-0.1, -0.05) is 43.7 Å². The topological polar surface area (TPSA) is 86.6 Å². The predicted molar refractivity (Wildman–Crippen MR) is 79.7 cm³/mol. The van der Waals surface area contributed by atoms with E-state index in [0.29, 0.717) is 18.5 Å². The van der Waals surface area contributed by atoms with Crippen LogP contribution in [0.4, 0.5) is 0 Å². The van der Waals surface area contributed by atoms with Crippen molar-refractivity contribution in [2.45, 2.75) is 38.7 Å². The molecule has 0 bridgehead atoms. The van der Waals surface area contributed by atoms with Gasteiger partial charge in [0.25, 0.3) is 5.91 Å². The van der Waals surface area contributed by atoms with Crippen LogP contribution in [-0.2, 0) is 9.59 Å². The number of rotatable bonds is 9. The average Bonchev–Trinajstić information content (AvgIpc) is 2.50. The molecule has 0 saturated carbocycles. The van der Waals surface area contributed by atoms with E-state index >= 15 is 0 Å². The van der Waals surface area contributed by atoms with Crippen molar-refractivity contribution in [3.05, 3.63) is 35.9 Å². The molecule has 2 atom stereocenters. The Kier molecular flexibility index (Phi) is 7.46. The van der Waals surface area contributed by atoms with Gasteiger partial charge in [0.05, 0.1) is 0 Å². The summed E-state index contributed by atoms with van der Waals surface area (Å²) >= 11 is 0. The minimum atomic E-state index is -1.16. The number of nitrogens with one attached hydrogen (secondary N) is 1. The lowest BCUT2D eigenvalue weighted by Crippen LogP contribution is -2.31. The summed E-state index contributed by atoms with van der Waals surface area (Å²) in [6, 6.07) is 8.76. The maximum Gasteiger partial charge on any atom is 0.303 e. The van der Waals surface area contributed by atoms with E-state index in [1.54, 1.807) is 24.3 Å². The number of amides is 1. The van der Waals surface area contributed by atoms with Crippen LogP contribution in [0.15, 0.2) is 30.3 Å². The third-order valence-electron chi connectivity index (χ3n) is 3.56. The number of aliphatic carboxylic acids is 1. The molecule has 0 fully saturated rings. The van der Waals surface area contributed by atoms with Gasteiger partial charge in [0, 0.05) is 13.0 Å². The van der Waals surface area contributed by atoms with E-state index in [0.717, 1.165) is 12.8 Å². The first-order valence-corrected chi connectivity index (χ1v) is 7.27. The Hall–Kier alpha value is -1.88. The third-order valence-corrected chi connectivity index (χ3v) is 3.56. The molecular weight excluding hydrogens is 270 g/mol. The first-order valence-electron chi connectivity index (χ1n) is 7.27. The normalized spacial score (nSPS) is 13.4. The molecule has 0 radical (unpaired) electrons. The van der Waals surface area contributed by atoms with Crippen LogP contribution < -0.4 is 5.32 Å². The van der Waals surface area contributed by atoms with E-state index in [4.69, 9.17) is 5.11 Å². The molecule has 1 aromatic rings. The minimum absolute atomic E-state index is 0.152. The van der Waals surface area contributed by atoms with E-state index in [9.17, 15) is 14.7 Å². The maximum absolute atomic E-state index is 11.8. The first-order chi connectivity index (χ1) is 10.0. The summed E-state index contributed by atoms with van der Waals surface area (Å²) in [6.45, 7) is 2.45. The highest BCUT2D eigenvalue weighted by Crippen LogP contribution is 2.15. The van der Waals surface area contributed by atoms with Gasteiger partial charge < -0.3 is 15.5 Å². The molecule has 1 aromatic carbocycles. The van der Waals surface area contributed by atoms with Crippen molar-refractivity contribution in [2.75, 3.05) is 6.54 Å². The largest absolute Gasteiger partial charge is 0.481 e. The highest BCUT2D eigenvalue weighted by atomic mass is 16.4. The summed E-state index contributed by atoms with van der Waals surface area (Å²) in [7, 11) is 0. The predicted octanol–water partition coefficient (Wildman–Crippen LogP) is 2.12. The second-order valence-corrected chi connectivity index (χ2v) is 5.10. The number of aliphatic hydroxyl groups excluding tert-OH is 1. The first kappa shape index (κ1) is 17.2. The Balaban J connectivity index is 2.33. The van der Waals surface area contributed by atoms with Crippen molar-refractivity contribution < 1.29 is 19.8 Å². The number of carboxylic acid groups (broad SMARTS) is 1. The Morgan fingerprint density at radius 3 is 2.43 bits per heavy atom. The number of aliphatic hydroxyl groups is 1. The number of hydrogen-bond donors (Lipinski definition) is 3. The van der Waals surface area contributed by atoms with Gasteiger partial charge in [-0.15, -0.1) is 0 Å². The van der Waals surface area contributed by atoms with E-state index in [2.05, 4.69) is 5.32 Å². The van der Waals surface area contributed by atoms with Crippen LogP contribution >= 0.6 is 0 Å². The summed E-state index contributed by atoms with van der Waals surface area (Å²) in [5.74, 6) is -0.943. The van der Waals surface area contributed by atoms with Gasteiger partial charge in [0.2, 0.25) is 0 Å². The molecule has 0 saturated heterocycles. The Bertz CT molecular complexity index is 447. The molecule has 0 heterocycles. The summed E-state index contributed by atoms with van der Waals surface area (Å²) in [6.07, 6.45) is 1.20. The number of carboxylic acids is 1. The van der Waals surface area contributed by atoms with Crippen molar-refractivity contribution in [1.29, 1.82) is 0 Å². The number of carbonyl (C=O) groups is 2. The van der Waals surface area contributed by atoms with Gasteiger partial charge >= 0.3 is 5.97 Å². The van der Waals surface area contributed by atoms with Gasteiger partial charge in [0.1, 0.15) is 0 Å². The monoisotopic (exact) mass is 293 g/mol. The van der Waals surface area contributed by atoms with Gasteiger partial charge in [-0.25, -0.2) is 0 Å². The number of benzene rings is 1. The highest BCUT2D eigenvalue weighted by molar-refractivity contribution is 5.81. The van der Waals surface area contributed by atoms with E-state index in [-0.39, 0.29) is 12.3 Å². The van der Waals surface area contributed by atoms with Crippen LogP contribution in [0.25, 0.3) is 0 Å². The Morgan fingerprint density at radius 2 is 1.86 bits per heavy atom. The van der Waals surface area contributed by atoms with E-state index in [1.807, 2.05) is 13.0 Å². The lowest BCUT2D eigenvalue weighted by Gasteiger charge is -2.15. The fourth-order valence-electron chi connectivity index (χ4n) is 2.16. The quantitative estimate of drug-likeness (QED) is 0.651. The van der Waals surface area contributed by atoms with Crippen LogP contribution in [0.3, 0.4) is 0 Å². The molecule has 0 aromatic heterocycles. The second kappa shape index (κ2) is 9.13. The Labute approximate surface area is 125 Å². The third kappa shape index (κ3) is 6.40. The van der Waals surface area contributed by atoms with Crippen molar-refractivity contribution in [2.24, 2.45) is 5.92 Å². The molecule has 0 spiro atoms. The smallest absolute Gasteiger partial charge is 0.303 e. The lowest BCUT2D eigenvalue weighted by molar-refractivity contribution is -0.137. The molecular formula is C16H23NO4. The molecule has 116 valence electrons. The average molecular weight is 293 g/mol. The molecule has 1 amide bonds. The lowest BCUT2D eigenvalue weighted by atomic mass is 9.96. The molecule has 0 aliphatic carbocycles. The molecule has 0 aliphatic rings. The molecule has 1 rings (SSSR count). The van der Waals surface area contributed by atoms with Gasteiger partial charge in [-0.05, 0) is 24.3 Å². The van der Waals surface area contributed by atoms with Crippen LogP contribution in [0.5, 0.6) is 0 Å². The summed E-state index contributed by atoms with van der Waals surface area (Å²) in [4.78, 5) is 22.4. The van der Waals surface area contributed by atoms with Gasteiger partial charge in [0.15, 0.2) is 6.10 Å². The molecule has 5 heteroatoms. The zero-order valence-electron chi connectivity index (χ0n) is 12.3. The fourth-order valence-corrected chi connectivity index (χ4v) is 2.16. The van der Waals surface area contributed by atoms with Crippen molar-refractivity contribution in [3.63, 3.8) is 0 Å². The van der Waals surface area contributed by atoms with E-state index in [1.165, 1.54) is 0 Å². The van der Waals surface area contributed by atoms with Crippen molar-refractivity contribution >= 4 is 11.9 Å². The van der Waals surface area contributed by atoms with Crippen molar-refractivity contribution in [3.8, 4) is 0 Å². The highest BCUT2D eigenvalue weighted by Gasteiger charge is 2.17. The molecule has 5 nitrogen and oxygen atoms in total. The number of carbonyl (C=O) groups excluding carboxylic acids is 1. The Morgan fingerprint density at radius 1 is 1.19 bits per heavy atom. The molecule has 3 N–H and O–H groups in total. The van der Waals surface area contributed by atoms with Crippen LogP contribution in [-0.4, -0.2) is 28.6 Å². The molecule has 21 heavy (non-hydrogen) atoms. The van der Waals surface area contributed by atoms with Crippen LogP contribution in [0.2, 0.25) is 0 Å². The standard InChI is InChI=1S/C16H23NO4/c1-2-12(8-9-14(18)19)10-11-17-16(21)15(20)13-6-4-3-5-7-13/h3-7,12,15,20H,2,8-11H2,1H3,(H,17,21)(H,18,19). The summed E-state index contributed by atoms with van der Waals surface area (Å²) < 4.78 is 0. The zero-order chi connectivity index (χ0) is 15.7. The molecule has 2 unspecified atom stereocenters. The zero-order valence-corrected chi connectivity index (χ0v) is 12.3. The van der Waals surface area contributed by atoms with Crippen LogP contribution in [0, 0.1) is 5.92 Å². The van der Waals surface area contributed by atoms with E-state index < -0.39 is 18.0 Å². The fraction of sp³-hybridized carbons (Fsp3) is 0.500. The minimum Gasteiger partial charge on any atom is -0.481 e. The molecule has 0 aliphatic heterocycles. The van der Waals surface area contributed by atoms with Crippen LogP contribution in [0.1, 0.15) is 44.3 Å². The second-order valence-electron chi connectivity index (χ2n) is 5.10. The SMILES string of the molecule is CCC(CCNC(=O)C(O)c1ccccc1)CCC(=O)O. The van der Waals surface area contributed by atoms with Crippen molar-refractivity contribution in [1.82, 2.24) is 5.32 Å². The number of hydrogen-bond acceptors (Lipinski definition) is 3. The summed E-state index contributed by atoms with van der Waals surface area (Å²) in [5.41, 5.74) is 0.563. The van der Waals surface area contributed by atoms with Gasteiger partial charge in [-0.3, -0.25) is 9.59 Å². The van der Waals surface area contributed by atoms with Gasteiger partial charge in [-0.2, -0.15) is 0 Å². The summed E-state index contributed by atoms with van der Waals surface area (Å²) in [5, 5.41) is 21.3.